The van der Waals surface area contributed by atoms with Crippen LogP contribution in [0.2, 0.25) is 0 Å². The average molecular weight is 423 g/mol. The molecule has 4 heteroatoms. The van der Waals surface area contributed by atoms with Crippen LogP contribution in [0.5, 0.6) is 0 Å². The van der Waals surface area contributed by atoms with E-state index in [9.17, 15) is 4.79 Å². The van der Waals surface area contributed by atoms with Gasteiger partial charge in [0.05, 0.1) is 0 Å². The van der Waals surface area contributed by atoms with Crippen LogP contribution in [0, 0.1) is 0 Å². The van der Waals surface area contributed by atoms with Gasteiger partial charge in [-0.15, -0.1) is 0 Å². The second kappa shape index (κ2) is 6.44. The van der Waals surface area contributed by atoms with Gasteiger partial charge in [-0.05, 0) is 0 Å². The van der Waals surface area contributed by atoms with Crippen molar-refractivity contribution in [2.75, 3.05) is 0 Å². The number of carboxylic acids is 1. The van der Waals surface area contributed by atoms with Crippen molar-refractivity contribution >= 4 is 15.9 Å². The molecule has 0 amide bonds. The van der Waals surface area contributed by atoms with Crippen LogP contribution in [0.25, 0.3) is 5.57 Å². The average Bonchev–Trinajstić information content (AvgIpc) is 2.45. The van der Waals surface area contributed by atoms with Gasteiger partial charge in [-0.1, -0.05) is 0 Å². The summed E-state index contributed by atoms with van der Waals surface area (Å²) in [6.07, 6.45) is 5.86. The van der Waals surface area contributed by atoms with Gasteiger partial charge in [0.25, 0.3) is 0 Å². The van der Waals surface area contributed by atoms with Crippen molar-refractivity contribution in [1.29, 1.82) is 0 Å². The third-order valence-electron chi connectivity index (χ3n) is 2.74. The molecule has 0 radical (unpaired) electrons. The predicted octanol–water partition coefficient (Wildman–Crippen LogP) is 2.26. The van der Waals surface area contributed by atoms with Gasteiger partial charge >= 0.3 is 122 Å². The van der Waals surface area contributed by atoms with Gasteiger partial charge in [-0.2, -0.15) is 0 Å². The van der Waals surface area contributed by atoms with Crippen molar-refractivity contribution in [2.45, 2.75) is 6.42 Å². The molecule has 1 aromatic rings. The molecular formula is C15H13NO2W. The molecular weight excluding hydrogens is 410 g/mol. The fraction of sp³-hybridized carbons (Fsp3) is 0.0667. The zero-order valence-electron chi connectivity index (χ0n) is 10.2. The Morgan fingerprint density at radius 2 is 2.05 bits per heavy atom. The molecule has 1 aliphatic heterocycles. The van der Waals surface area contributed by atoms with E-state index in [-0.39, 0.29) is 6.42 Å². The maximum absolute atomic E-state index is 10.9. The molecule has 0 unspecified atom stereocenters. The van der Waals surface area contributed by atoms with Crippen LogP contribution in [-0.2, 0) is 24.1 Å². The van der Waals surface area contributed by atoms with Crippen LogP contribution in [0.3, 0.4) is 0 Å². The summed E-state index contributed by atoms with van der Waals surface area (Å²) in [6.45, 7) is 0. The van der Waals surface area contributed by atoms with Crippen molar-refractivity contribution in [3.05, 3.63) is 65.5 Å². The van der Waals surface area contributed by atoms with E-state index in [1.807, 2.05) is 53.1 Å². The second-order valence-corrected chi connectivity index (χ2v) is 4.92. The number of carbonyl (C=O) groups is 1. The van der Waals surface area contributed by atoms with Gasteiger partial charge < -0.3 is 0 Å². The molecule has 1 aromatic carbocycles. The first-order valence-corrected chi connectivity index (χ1v) is 7.50. The Labute approximate surface area is 122 Å². The van der Waals surface area contributed by atoms with E-state index in [4.69, 9.17) is 5.11 Å². The Morgan fingerprint density at radius 1 is 1.32 bits per heavy atom. The molecule has 1 aliphatic rings. The van der Waals surface area contributed by atoms with Gasteiger partial charge in [-0.3, -0.25) is 0 Å². The van der Waals surface area contributed by atoms with Crippen LogP contribution < -0.4 is 5.32 Å². The van der Waals surface area contributed by atoms with Crippen molar-refractivity contribution < 1.29 is 29.3 Å². The molecule has 0 atom stereocenters. The molecule has 0 saturated carbocycles. The fourth-order valence-corrected chi connectivity index (χ4v) is 2.58. The Hall–Kier alpha value is -1.73. The number of allylic oxidation sites excluding steroid dienone is 3. The first-order valence-electron chi connectivity index (χ1n) is 5.81. The number of rotatable bonds is 4. The Bertz CT molecular complexity index is 585. The van der Waals surface area contributed by atoms with Crippen molar-refractivity contribution in [3.63, 3.8) is 0 Å². The zero-order valence-corrected chi connectivity index (χ0v) is 13.1. The Balaban J connectivity index is 2.37. The van der Waals surface area contributed by atoms with Crippen LogP contribution in [0.15, 0.2) is 60.0 Å². The maximum atomic E-state index is 10.9. The van der Waals surface area contributed by atoms with E-state index < -0.39 is 5.97 Å². The number of aliphatic carboxylic acids is 1. The molecule has 0 aromatic heterocycles. The third-order valence-corrected chi connectivity index (χ3v) is 3.76. The Kier molecular flexibility index (Phi) is 4.64. The van der Waals surface area contributed by atoms with Crippen LogP contribution in [-0.4, -0.2) is 15.5 Å². The van der Waals surface area contributed by atoms with Gasteiger partial charge in [0.2, 0.25) is 0 Å². The molecule has 96 valence electrons. The molecule has 0 bridgehead atoms. The summed E-state index contributed by atoms with van der Waals surface area (Å²) in [7, 11) is 0. The molecule has 19 heavy (non-hydrogen) atoms. The van der Waals surface area contributed by atoms with E-state index in [1.165, 1.54) is 19.4 Å². The molecule has 0 saturated heterocycles. The topological polar surface area (TPSA) is 49.3 Å². The number of dihydropyridines is 1. The zero-order chi connectivity index (χ0) is 13.7. The molecule has 1 heterocycles. The summed E-state index contributed by atoms with van der Waals surface area (Å²) in [4.78, 5) is 10.9. The number of hydrogen-bond acceptors (Lipinski definition) is 2. The van der Waals surface area contributed by atoms with Gasteiger partial charge in [0.1, 0.15) is 0 Å². The number of benzene rings is 1. The number of carboxylic acid groups (broad SMARTS) is 1. The number of hydrogen-bond donors (Lipinski definition) is 2. The molecule has 0 aliphatic carbocycles. The summed E-state index contributed by atoms with van der Waals surface area (Å²) in [5.41, 5.74) is 3.88. The fourth-order valence-electron chi connectivity index (χ4n) is 1.83. The molecule has 2 N–H and O–H groups in total. The minimum absolute atomic E-state index is 0.0399. The predicted molar refractivity (Wildman–Crippen MR) is 72.0 cm³/mol. The van der Waals surface area contributed by atoms with E-state index in [0.717, 1.165) is 22.4 Å². The molecule has 0 fully saturated rings. The third kappa shape index (κ3) is 3.62. The quantitative estimate of drug-likeness (QED) is 0.782. The van der Waals surface area contributed by atoms with Crippen LogP contribution >= 0.6 is 0 Å². The SMILES string of the molecule is O=C(O)C/C([CH]=[W])=C1\C=C(c2ccccc2)C=CN1. The number of nitrogens with one attached hydrogen (secondary N) is 1. The summed E-state index contributed by atoms with van der Waals surface area (Å²) in [5.74, 6) is -0.814. The minimum atomic E-state index is -0.814. The van der Waals surface area contributed by atoms with Crippen LogP contribution in [0.1, 0.15) is 12.0 Å². The summed E-state index contributed by atoms with van der Waals surface area (Å²) < 4.78 is 1.91. The van der Waals surface area contributed by atoms with Crippen molar-refractivity contribution in [3.8, 4) is 0 Å². The monoisotopic (exact) mass is 423 g/mol. The molecule has 2 rings (SSSR count). The second-order valence-electron chi connectivity index (χ2n) is 4.07. The molecule has 0 spiro atoms. The van der Waals surface area contributed by atoms with Crippen LogP contribution in [0.4, 0.5) is 0 Å². The van der Waals surface area contributed by atoms with Gasteiger partial charge in [0.15, 0.2) is 0 Å². The van der Waals surface area contributed by atoms with Gasteiger partial charge in [0, 0.05) is 0 Å². The first-order chi connectivity index (χ1) is 9.20. The van der Waals surface area contributed by atoms with E-state index >= 15 is 0 Å². The van der Waals surface area contributed by atoms with E-state index in [2.05, 4.69) is 5.32 Å². The van der Waals surface area contributed by atoms with E-state index in [0.29, 0.717) is 0 Å². The van der Waals surface area contributed by atoms with Crippen molar-refractivity contribution in [1.82, 2.24) is 5.32 Å². The summed E-state index contributed by atoms with van der Waals surface area (Å²) in [6, 6.07) is 10.0. The molecule has 3 nitrogen and oxygen atoms in total. The normalized spacial score (nSPS) is 16.3. The van der Waals surface area contributed by atoms with Crippen molar-refractivity contribution in [2.24, 2.45) is 0 Å². The Morgan fingerprint density at radius 3 is 2.68 bits per heavy atom. The van der Waals surface area contributed by atoms with E-state index in [1.54, 1.807) is 0 Å². The summed E-state index contributed by atoms with van der Waals surface area (Å²) in [5, 5.41) is 12.0. The first kappa shape index (κ1) is 13.7. The standard InChI is InChI=1S/C15H13NO2.W/c1-11(9-15(17)18)14-10-13(7-8-16-14)12-5-3-2-4-6-12;/h1-8,10,16H,9H2,(H,17,18);/b14-11+;. The van der Waals surface area contributed by atoms with Gasteiger partial charge in [-0.25, -0.2) is 0 Å². The summed E-state index contributed by atoms with van der Waals surface area (Å²) >= 11 is 1.24.